The van der Waals surface area contributed by atoms with Crippen molar-refractivity contribution in [3.05, 3.63) is 34.9 Å². The number of piperidine rings is 1. The zero-order valence-electron chi connectivity index (χ0n) is 12.1. The molecule has 0 amide bonds. The van der Waals surface area contributed by atoms with Crippen LogP contribution in [0.15, 0.2) is 18.2 Å². The summed E-state index contributed by atoms with van der Waals surface area (Å²) in [6, 6.07) is 7.72. The molecule has 1 heterocycles. The van der Waals surface area contributed by atoms with Crippen LogP contribution < -0.4 is 5.73 Å². The van der Waals surface area contributed by atoms with Crippen molar-refractivity contribution in [3.8, 4) is 0 Å². The van der Waals surface area contributed by atoms with Crippen LogP contribution in [0.4, 0.5) is 0 Å². The van der Waals surface area contributed by atoms with E-state index in [2.05, 4.69) is 50.8 Å². The minimum atomic E-state index is 0.383. The summed E-state index contributed by atoms with van der Waals surface area (Å²) in [6.45, 7) is 11.2. The van der Waals surface area contributed by atoms with Gasteiger partial charge in [0.05, 0.1) is 0 Å². The Morgan fingerprint density at radius 2 is 2.00 bits per heavy atom. The normalized spacial score (nSPS) is 27.2. The minimum Gasteiger partial charge on any atom is -0.327 e. The van der Waals surface area contributed by atoms with E-state index in [4.69, 9.17) is 5.73 Å². The molecule has 3 unspecified atom stereocenters. The lowest BCUT2D eigenvalue weighted by molar-refractivity contribution is 0.124. The number of aryl methyl sites for hydroxylation is 2. The average molecular weight is 246 g/mol. The molecule has 100 valence electrons. The molecular formula is C16H26N2. The van der Waals surface area contributed by atoms with Gasteiger partial charge < -0.3 is 5.73 Å². The Kier molecular flexibility index (Phi) is 4.08. The van der Waals surface area contributed by atoms with Crippen molar-refractivity contribution in [2.45, 2.75) is 46.2 Å². The van der Waals surface area contributed by atoms with Crippen LogP contribution in [0.5, 0.6) is 0 Å². The maximum absolute atomic E-state index is 6.10. The Balaban J connectivity index is 2.11. The van der Waals surface area contributed by atoms with Gasteiger partial charge in [-0.2, -0.15) is 0 Å². The first-order valence-corrected chi connectivity index (χ1v) is 7.06. The maximum atomic E-state index is 6.10. The standard InChI is InChI=1S/C16H26N2/c1-11-5-6-15(9-12(11)2)14(4)18-8-7-16(17)13(3)10-18/h5-6,9,13-14,16H,7-8,10,17H2,1-4H3. The molecule has 3 atom stereocenters. The van der Waals surface area contributed by atoms with Crippen LogP contribution in [-0.4, -0.2) is 24.0 Å². The Bertz CT molecular complexity index is 414. The molecule has 0 aliphatic carbocycles. The molecule has 18 heavy (non-hydrogen) atoms. The second-order valence-corrected chi connectivity index (χ2v) is 5.94. The molecule has 2 N–H and O–H groups in total. The molecule has 1 aromatic rings. The van der Waals surface area contributed by atoms with E-state index in [1.165, 1.54) is 16.7 Å². The number of nitrogens with two attached hydrogens (primary N) is 1. The van der Waals surface area contributed by atoms with E-state index < -0.39 is 0 Å². The summed E-state index contributed by atoms with van der Waals surface area (Å²) < 4.78 is 0. The van der Waals surface area contributed by atoms with Crippen molar-refractivity contribution in [1.82, 2.24) is 4.90 Å². The van der Waals surface area contributed by atoms with Crippen molar-refractivity contribution in [2.75, 3.05) is 13.1 Å². The highest BCUT2D eigenvalue weighted by Gasteiger charge is 2.26. The molecule has 1 aromatic carbocycles. The van der Waals surface area contributed by atoms with Crippen molar-refractivity contribution in [2.24, 2.45) is 11.7 Å². The molecular weight excluding hydrogens is 220 g/mol. The fourth-order valence-electron chi connectivity index (χ4n) is 2.78. The van der Waals surface area contributed by atoms with Crippen LogP contribution >= 0.6 is 0 Å². The van der Waals surface area contributed by atoms with E-state index in [-0.39, 0.29) is 0 Å². The molecule has 0 bridgehead atoms. The number of hydrogen-bond donors (Lipinski definition) is 1. The molecule has 2 heteroatoms. The molecule has 0 saturated carbocycles. The second-order valence-electron chi connectivity index (χ2n) is 5.94. The van der Waals surface area contributed by atoms with Gasteiger partial charge >= 0.3 is 0 Å². The van der Waals surface area contributed by atoms with Gasteiger partial charge in [-0.15, -0.1) is 0 Å². The predicted molar refractivity (Wildman–Crippen MR) is 77.7 cm³/mol. The molecule has 1 fully saturated rings. The van der Waals surface area contributed by atoms with Crippen molar-refractivity contribution < 1.29 is 0 Å². The van der Waals surface area contributed by atoms with E-state index in [9.17, 15) is 0 Å². The van der Waals surface area contributed by atoms with Gasteiger partial charge in [0.1, 0.15) is 0 Å². The lowest BCUT2D eigenvalue weighted by Crippen LogP contribution is -2.46. The van der Waals surface area contributed by atoms with Gasteiger partial charge in [0.2, 0.25) is 0 Å². The van der Waals surface area contributed by atoms with E-state index >= 15 is 0 Å². The van der Waals surface area contributed by atoms with Gasteiger partial charge in [-0.1, -0.05) is 25.1 Å². The molecule has 0 radical (unpaired) electrons. The minimum absolute atomic E-state index is 0.383. The monoisotopic (exact) mass is 246 g/mol. The van der Waals surface area contributed by atoms with Crippen LogP contribution in [-0.2, 0) is 0 Å². The first-order valence-electron chi connectivity index (χ1n) is 7.06. The number of hydrogen-bond acceptors (Lipinski definition) is 2. The van der Waals surface area contributed by atoms with Gasteiger partial charge in [0.25, 0.3) is 0 Å². The summed E-state index contributed by atoms with van der Waals surface area (Å²) in [5, 5.41) is 0. The first-order chi connectivity index (χ1) is 8.49. The average Bonchev–Trinajstić information content (AvgIpc) is 2.35. The van der Waals surface area contributed by atoms with Gasteiger partial charge in [-0.25, -0.2) is 0 Å². The Labute approximate surface area is 111 Å². The number of benzene rings is 1. The third-order valence-corrected chi connectivity index (χ3v) is 4.56. The molecule has 1 aliphatic rings. The highest BCUT2D eigenvalue weighted by molar-refractivity contribution is 5.31. The van der Waals surface area contributed by atoms with Crippen molar-refractivity contribution in [1.29, 1.82) is 0 Å². The first kappa shape index (κ1) is 13.6. The zero-order valence-corrected chi connectivity index (χ0v) is 12.1. The lowest BCUT2D eigenvalue weighted by atomic mass is 9.92. The summed E-state index contributed by atoms with van der Waals surface area (Å²) in [5.74, 6) is 0.604. The summed E-state index contributed by atoms with van der Waals surface area (Å²) in [5.41, 5.74) is 10.3. The lowest BCUT2D eigenvalue weighted by Gasteiger charge is -2.39. The van der Waals surface area contributed by atoms with Gasteiger partial charge in [0, 0.05) is 25.2 Å². The van der Waals surface area contributed by atoms with Crippen molar-refractivity contribution in [3.63, 3.8) is 0 Å². The fraction of sp³-hybridized carbons (Fsp3) is 0.625. The quantitative estimate of drug-likeness (QED) is 0.869. The third kappa shape index (κ3) is 2.76. The molecule has 1 aliphatic heterocycles. The van der Waals surface area contributed by atoms with Crippen molar-refractivity contribution >= 4 is 0 Å². The second kappa shape index (κ2) is 5.41. The third-order valence-electron chi connectivity index (χ3n) is 4.56. The Morgan fingerprint density at radius 1 is 1.28 bits per heavy atom. The van der Waals surface area contributed by atoms with Crippen LogP contribution in [0.1, 0.15) is 43.0 Å². The summed E-state index contributed by atoms with van der Waals surface area (Å²) in [6.07, 6.45) is 1.12. The maximum Gasteiger partial charge on any atom is 0.0320 e. The fourth-order valence-corrected chi connectivity index (χ4v) is 2.78. The predicted octanol–water partition coefficient (Wildman–Crippen LogP) is 3.03. The van der Waals surface area contributed by atoms with Gasteiger partial charge in [-0.3, -0.25) is 4.90 Å². The highest BCUT2D eigenvalue weighted by Crippen LogP contribution is 2.27. The number of rotatable bonds is 2. The zero-order chi connectivity index (χ0) is 13.3. The summed E-state index contributed by atoms with van der Waals surface area (Å²) >= 11 is 0. The Morgan fingerprint density at radius 3 is 2.61 bits per heavy atom. The smallest absolute Gasteiger partial charge is 0.0320 e. The molecule has 2 nitrogen and oxygen atoms in total. The molecule has 1 saturated heterocycles. The van der Waals surface area contributed by atoms with E-state index in [1.807, 2.05) is 0 Å². The number of likely N-dealkylation sites (tertiary alicyclic amines) is 1. The Hall–Kier alpha value is -0.860. The molecule has 0 aromatic heterocycles. The topological polar surface area (TPSA) is 29.3 Å². The molecule has 2 rings (SSSR count). The van der Waals surface area contributed by atoms with Crippen LogP contribution in [0.25, 0.3) is 0 Å². The van der Waals surface area contributed by atoms with Gasteiger partial charge in [0.15, 0.2) is 0 Å². The van der Waals surface area contributed by atoms with Crippen LogP contribution in [0.3, 0.4) is 0 Å². The summed E-state index contributed by atoms with van der Waals surface area (Å²) in [4.78, 5) is 2.57. The highest BCUT2D eigenvalue weighted by atomic mass is 15.2. The van der Waals surface area contributed by atoms with Crippen LogP contribution in [0, 0.1) is 19.8 Å². The van der Waals surface area contributed by atoms with Gasteiger partial charge in [-0.05, 0) is 49.8 Å². The van der Waals surface area contributed by atoms with E-state index in [0.717, 1.165) is 19.5 Å². The SMILES string of the molecule is Cc1ccc(C(C)N2CCC(N)C(C)C2)cc1C. The number of nitrogens with zero attached hydrogens (tertiary/aromatic N) is 1. The van der Waals surface area contributed by atoms with E-state index in [0.29, 0.717) is 18.0 Å². The van der Waals surface area contributed by atoms with Crippen LogP contribution in [0.2, 0.25) is 0 Å². The molecule has 0 spiro atoms. The summed E-state index contributed by atoms with van der Waals surface area (Å²) in [7, 11) is 0. The van der Waals surface area contributed by atoms with E-state index in [1.54, 1.807) is 0 Å². The largest absolute Gasteiger partial charge is 0.327 e.